The number of rotatable bonds is 0. The first kappa shape index (κ1) is 15.2. The second-order valence-electron chi connectivity index (χ2n) is 9.78. The highest BCUT2D eigenvalue weighted by atomic mass is 16.3. The Labute approximate surface area is 135 Å². The summed E-state index contributed by atoms with van der Waals surface area (Å²) in [6, 6.07) is 0. The van der Waals surface area contributed by atoms with E-state index in [-0.39, 0.29) is 5.41 Å². The minimum Gasteiger partial charge on any atom is -0.390 e. The minimum atomic E-state index is -0.441. The number of fused-ring (bicyclic) bond motifs is 5. The number of hydrogen-bond donors (Lipinski definition) is 1. The average molecular weight is 304 g/mol. The molecule has 0 heterocycles. The van der Waals surface area contributed by atoms with Crippen LogP contribution in [0.3, 0.4) is 0 Å². The molecule has 4 aliphatic carbocycles. The monoisotopic (exact) mass is 304 g/mol. The predicted octanol–water partition coefficient (Wildman–Crippen LogP) is 4.35. The number of carbonyl (C=O) groups is 1. The summed E-state index contributed by atoms with van der Waals surface area (Å²) in [5.74, 6) is 3.47. The molecular formula is C20H32O2. The Morgan fingerprint density at radius 3 is 2.50 bits per heavy atom. The molecule has 1 N–H and O–H groups in total. The van der Waals surface area contributed by atoms with E-state index in [2.05, 4.69) is 13.8 Å². The molecule has 0 aromatic carbocycles. The molecule has 0 radical (unpaired) electrons. The standard InChI is InChI=1S/C20H32O2/c1-18(22)10-11-19(2)13(12-18)4-5-14-15-6-7-17(21)20(15,3)9-8-16(14)19/h13-16,22H,4-12H2,1-3H3/t13-,14-,15-,16-,18+,19?,20-/m0/s1. The van der Waals surface area contributed by atoms with Crippen LogP contribution in [-0.4, -0.2) is 16.5 Å². The van der Waals surface area contributed by atoms with Gasteiger partial charge >= 0.3 is 0 Å². The van der Waals surface area contributed by atoms with E-state index >= 15 is 0 Å². The highest BCUT2D eigenvalue weighted by molar-refractivity contribution is 5.87. The van der Waals surface area contributed by atoms with Gasteiger partial charge in [-0.3, -0.25) is 4.79 Å². The predicted molar refractivity (Wildman–Crippen MR) is 87.4 cm³/mol. The van der Waals surface area contributed by atoms with Gasteiger partial charge in [0.2, 0.25) is 0 Å². The molecule has 0 saturated heterocycles. The number of ketones is 1. The lowest BCUT2D eigenvalue weighted by Crippen LogP contribution is -2.55. The Morgan fingerprint density at radius 2 is 1.73 bits per heavy atom. The van der Waals surface area contributed by atoms with E-state index in [1.54, 1.807) is 0 Å². The second kappa shape index (κ2) is 4.59. The molecule has 0 spiro atoms. The van der Waals surface area contributed by atoms with Crippen LogP contribution >= 0.6 is 0 Å². The Hall–Kier alpha value is -0.370. The summed E-state index contributed by atoms with van der Waals surface area (Å²) < 4.78 is 0. The molecule has 2 heteroatoms. The number of hydrogen-bond acceptors (Lipinski definition) is 2. The molecule has 0 aromatic rings. The van der Waals surface area contributed by atoms with Crippen molar-refractivity contribution in [3.63, 3.8) is 0 Å². The molecule has 0 aromatic heterocycles. The zero-order chi connectivity index (χ0) is 15.8. The van der Waals surface area contributed by atoms with Gasteiger partial charge in [-0.15, -0.1) is 0 Å². The fourth-order valence-corrected chi connectivity index (χ4v) is 7.20. The summed E-state index contributed by atoms with van der Waals surface area (Å²) in [5, 5.41) is 10.5. The number of Topliss-reactive ketones (excluding diaryl/α,β-unsaturated/α-hetero) is 1. The molecule has 4 saturated carbocycles. The maximum Gasteiger partial charge on any atom is 0.139 e. The molecule has 0 aliphatic heterocycles. The van der Waals surface area contributed by atoms with Crippen molar-refractivity contribution in [2.24, 2.45) is 34.5 Å². The van der Waals surface area contributed by atoms with Crippen LogP contribution in [-0.2, 0) is 4.79 Å². The summed E-state index contributed by atoms with van der Waals surface area (Å²) in [7, 11) is 0. The van der Waals surface area contributed by atoms with Crippen LogP contribution in [0.4, 0.5) is 0 Å². The fourth-order valence-electron chi connectivity index (χ4n) is 7.20. The molecule has 4 aliphatic rings. The lowest BCUT2D eigenvalue weighted by molar-refractivity contribution is -0.151. The lowest BCUT2D eigenvalue weighted by Gasteiger charge is -2.61. The van der Waals surface area contributed by atoms with Crippen molar-refractivity contribution >= 4 is 5.78 Å². The minimum absolute atomic E-state index is 0.00449. The Bertz CT molecular complexity index is 496. The van der Waals surface area contributed by atoms with E-state index in [0.29, 0.717) is 23.0 Å². The smallest absolute Gasteiger partial charge is 0.139 e. The van der Waals surface area contributed by atoms with Crippen molar-refractivity contribution < 1.29 is 9.90 Å². The molecule has 22 heavy (non-hydrogen) atoms. The van der Waals surface area contributed by atoms with E-state index in [9.17, 15) is 9.90 Å². The second-order valence-corrected chi connectivity index (χ2v) is 9.78. The molecule has 2 nitrogen and oxygen atoms in total. The summed E-state index contributed by atoms with van der Waals surface area (Å²) in [6.45, 7) is 6.82. The van der Waals surface area contributed by atoms with Crippen molar-refractivity contribution in [3.8, 4) is 0 Å². The maximum absolute atomic E-state index is 12.4. The van der Waals surface area contributed by atoms with Crippen LogP contribution in [0.15, 0.2) is 0 Å². The average Bonchev–Trinajstić information content (AvgIpc) is 2.76. The highest BCUT2D eigenvalue weighted by Crippen LogP contribution is 2.66. The maximum atomic E-state index is 12.4. The van der Waals surface area contributed by atoms with Gasteiger partial charge in [0.1, 0.15) is 5.78 Å². The van der Waals surface area contributed by atoms with Crippen LogP contribution < -0.4 is 0 Å². The van der Waals surface area contributed by atoms with E-state index < -0.39 is 5.60 Å². The zero-order valence-electron chi connectivity index (χ0n) is 14.5. The van der Waals surface area contributed by atoms with Gasteiger partial charge in [0, 0.05) is 11.8 Å². The third-order valence-corrected chi connectivity index (χ3v) is 8.66. The fraction of sp³-hybridized carbons (Fsp3) is 0.950. The van der Waals surface area contributed by atoms with Crippen LogP contribution in [0.25, 0.3) is 0 Å². The summed E-state index contributed by atoms with van der Waals surface area (Å²) in [4.78, 5) is 12.4. The quantitative estimate of drug-likeness (QED) is 0.722. The summed E-state index contributed by atoms with van der Waals surface area (Å²) >= 11 is 0. The number of aliphatic hydroxyl groups is 1. The SMILES string of the molecule is CC12CC[C@@](C)(O)C[C@@H]1CC[C@@H]1[C@@H]2CC[C@]2(C)C(=O)CC[C@@H]12. The Balaban J connectivity index is 1.63. The van der Waals surface area contributed by atoms with Gasteiger partial charge in [-0.1, -0.05) is 13.8 Å². The molecule has 0 bridgehead atoms. The van der Waals surface area contributed by atoms with Gasteiger partial charge in [0.05, 0.1) is 5.60 Å². The topological polar surface area (TPSA) is 37.3 Å². The third-order valence-electron chi connectivity index (χ3n) is 8.66. The Kier molecular flexibility index (Phi) is 3.16. The van der Waals surface area contributed by atoms with Gasteiger partial charge in [0.25, 0.3) is 0 Å². The first-order valence-corrected chi connectivity index (χ1v) is 9.52. The van der Waals surface area contributed by atoms with Gasteiger partial charge < -0.3 is 5.11 Å². The van der Waals surface area contributed by atoms with Crippen molar-refractivity contribution in [1.29, 1.82) is 0 Å². The van der Waals surface area contributed by atoms with E-state index in [0.717, 1.165) is 43.9 Å². The van der Waals surface area contributed by atoms with E-state index in [1.807, 2.05) is 6.92 Å². The third kappa shape index (κ3) is 1.92. The van der Waals surface area contributed by atoms with Gasteiger partial charge in [0.15, 0.2) is 0 Å². The molecular weight excluding hydrogens is 272 g/mol. The highest BCUT2D eigenvalue weighted by Gasteiger charge is 2.60. The molecule has 124 valence electrons. The van der Waals surface area contributed by atoms with Gasteiger partial charge in [-0.25, -0.2) is 0 Å². The van der Waals surface area contributed by atoms with Crippen LogP contribution in [0.1, 0.15) is 78.6 Å². The molecule has 7 atom stereocenters. The summed E-state index contributed by atoms with van der Waals surface area (Å²) in [6.07, 6.45) is 10.1. The van der Waals surface area contributed by atoms with E-state index in [4.69, 9.17) is 0 Å². The van der Waals surface area contributed by atoms with Crippen LogP contribution in [0.2, 0.25) is 0 Å². The van der Waals surface area contributed by atoms with Crippen LogP contribution in [0.5, 0.6) is 0 Å². The van der Waals surface area contributed by atoms with Gasteiger partial charge in [-0.2, -0.15) is 0 Å². The van der Waals surface area contributed by atoms with Crippen molar-refractivity contribution in [2.45, 2.75) is 84.2 Å². The number of carbonyl (C=O) groups excluding carboxylic acids is 1. The van der Waals surface area contributed by atoms with Crippen molar-refractivity contribution in [3.05, 3.63) is 0 Å². The van der Waals surface area contributed by atoms with Crippen molar-refractivity contribution in [1.82, 2.24) is 0 Å². The molecule has 4 rings (SSSR count). The van der Waals surface area contributed by atoms with Crippen LogP contribution in [0, 0.1) is 34.5 Å². The van der Waals surface area contributed by atoms with Crippen molar-refractivity contribution in [2.75, 3.05) is 0 Å². The lowest BCUT2D eigenvalue weighted by atomic mass is 9.44. The molecule has 4 fully saturated rings. The normalized spacial score (nSPS) is 57.9. The first-order chi connectivity index (χ1) is 10.3. The van der Waals surface area contributed by atoms with Gasteiger partial charge in [-0.05, 0) is 87.4 Å². The largest absolute Gasteiger partial charge is 0.390 e. The summed E-state index contributed by atoms with van der Waals surface area (Å²) in [5.41, 5.74) is -0.0217. The molecule has 1 unspecified atom stereocenters. The van der Waals surface area contributed by atoms with E-state index in [1.165, 1.54) is 25.7 Å². The zero-order valence-corrected chi connectivity index (χ0v) is 14.5. The Morgan fingerprint density at radius 1 is 0.955 bits per heavy atom. The first-order valence-electron chi connectivity index (χ1n) is 9.52. The molecule has 0 amide bonds.